The Morgan fingerprint density at radius 3 is 1.94 bits per heavy atom. The molecular formula is C15H22ClNO. The second kappa shape index (κ2) is 6.79. The van der Waals surface area contributed by atoms with Gasteiger partial charge >= 0.3 is 5.37 Å². The molecule has 0 aliphatic carbocycles. The molecule has 1 aromatic rings. The Morgan fingerprint density at radius 2 is 1.61 bits per heavy atom. The predicted molar refractivity (Wildman–Crippen MR) is 78.7 cm³/mol. The average Bonchev–Trinajstić information content (AvgIpc) is 2.36. The fourth-order valence-electron chi connectivity index (χ4n) is 2.09. The van der Waals surface area contributed by atoms with Gasteiger partial charge in [0, 0.05) is 5.69 Å². The molecule has 1 aromatic carbocycles. The third-order valence-corrected chi connectivity index (χ3v) is 3.73. The Labute approximate surface area is 115 Å². The summed E-state index contributed by atoms with van der Waals surface area (Å²) in [5.74, 6) is 0.819. The summed E-state index contributed by atoms with van der Waals surface area (Å²) in [6.07, 6.45) is 2.07. The van der Waals surface area contributed by atoms with Gasteiger partial charge in [0.25, 0.3) is 0 Å². The lowest BCUT2D eigenvalue weighted by atomic mass is 9.89. The Hall–Kier alpha value is -1.02. The van der Waals surface area contributed by atoms with Gasteiger partial charge < -0.3 is 5.32 Å². The number of halogens is 1. The molecule has 0 bridgehead atoms. The molecular weight excluding hydrogens is 246 g/mol. The van der Waals surface area contributed by atoms with Gasteiger partial charge in [0.05, 0.1) is 0 Å². The number of nitrogens with one attached hydrogen (secondary N) is 1. The van der Waals surface area contributed by atoms with E-state index >= 15 is 0 Å². The van der Waals surface area contributed by atoms with Crippen LogP contribution in [0.2, 0.25) is 0 Å². The number of amides is 1. The molecule has 0 fully saturated rings. The van der Waals surface area contributed by atoms with Crippen LogP contribution in [0.25, 0.3) is 0 Å². The average molecular weight is 268 g/mol. The standard InChI is InChI=1S/C15H22ClNO/c1-5-10(3)12-8-7-9-13(11(4)6-2)14(12)17-15(16)18/h7-11H,5-6H2,1-4H3,(H,17,18). The SMILES string of the molecule is CCC(C)c1cccc(C(C)CC)c1NC(=O)Cl. The van der Waals surface area contributed by atoms with Crippen molar-refractivity contribution in [3.8, 4) is 0 Å². The first kappa shape index (κ1) is 15.0. The van der Waals surface area contributed by atoms with Crippen LogP contribution in [0.5, 0.6) is 0 Å². The van der Waals surface area contributed by atoms with Gasteiger partial charge in [0.1, 0.15) is 0 Å². The molecule has 0 spiro atoms. The Balaban J connectivity index is 3.29. The molecule has 1 N–H and O–H groups in total. The zero-order valence-electron chi connectivity index (χ0n) is 11.6. The van der Waals surface area contributed by atoms with E-state index in [1.54, 1.807) is 0 Å². The van der Waals surface area contributed by atoms with E-state index in [9.17, 15) is 4.79 Å². The van der Waals surface area contributed by atoms with Gasteiger partial charge in [-0.25, -0.2) is 0 Å². The molecule has 100 valence electrons. The maximum atomic E-state index is 11.2. The number of carbonyl (C=O) groups excluding carboxylic acids is 1. The van der Waals surface area contributed by atoms with Crippen molar-refractivity contribution in [1.29, 1.82) is 0 Å². The molecule has 0 saturated heterocycles. The minimum Gasteiger partial charge on any atom is -0.312 e. The molecule has 2 atom stereocenters. The fourth-order valence-corrected chi connectivity index (χ4v) is 2.19. The summed E-state index contributed by atoms with van der Waals surface area (Å²) >= 11 is 5.50. The molecule has 2 nitrogen and oxygen atoms in total. The van der Waals surface area contributed by atoms with Crippen molar-refractivity contribution in [2.45, 2.75) is 52.4 Å². The minimum absolute atomic E-state index is 0.410. The molecule has 0 aliphatic heterocycles. The van der Waals surface area contributed by atoms with Gasteiger partial charge in [-0.05, 0) is 47.4 Å². The summed E-state index contributed by atoms with van der Waals surface area (Å²) in [6, 6.07) is 6.21. The molecule has 3 heteroatoms. The number of para-hydroxylation sites is 1. The third-order valence-electron chi connectivity index (χ3n) is 3.64. The second-order valence-electron chi connectivity index (χ2n) is 4.83. The van der Waals surface area contributed by atoms with E-state index in [4.69, 9.17) is 11.6 Å². The zero-order chi connectivity index (χ0) is 13.7. The van der Waals surface area contributed by atoms with Gasteiger partial charge in [-0.3, -0.25) is 4.79 Å². The first-order valence-corrected chi connectivity index (χ1v) is 6.98. The maximum absolute atomic E-state index is 11.2. The third kappa shape index (κ3) is 3.49. The number of benzene rings is 1. The molecule has 18 heavy (non-hydrogen) atoms. The molecule has 0 aliphatic rings. The van der Waals surface area contributed by atoms with Crippen LogP contribution < -0.4 is 5.32 Å². The molecule has 0 aromatic heterocycles. The number of hydrogen-bond donors (Lipinski definition) is 1. The zero-order valence-corrected chi connectivity index (χ0v) is 12.3. The van der Waals surface area contributed by atoms with E-state index < -0.39 is 5.37 Å². The monoisotopic (exact) mass is 267 g/mol. The fraction of sp³-hybridized carbons (Fsp3) is 0.533. The van der Waals surface area contributed by atoms with Crippen LogP contribution >= 0.6 is 11.6 Å². The minimum atomic E-state index is -0.518. The van der Waals surface area contributed by atoms with Crippen molar-refractivity contribution in [3.63, 3.8) is 0 Å². The van der Waals surface area contributed by atoms with E-state index in [1.807, 2.05) is 0 Å². The Bertz CT molecular complexity index is 389. The van der Waals surface area contributed by atoms with Gasteiger partial charge in [0.15, 0.2) is 0 Å². The lowest BCUT2D eigenvalue weighted by molar-refractivity contribution is 0.269. The van der Waals surface area contributed by atoms with Crippen molar-refractivity contribution < 1.29 is 4.79 Å². The lowest BCUT2D eigenvalue weighted by Gasteiger charge is -2.21. The number of hydrogen-bond acceptors (Lipinski definition) is 1. The summed E-state index contributed by atoms with van der Waals surface area (Å²) in [7, 11) is 0. The van der Waals surface area contributed by atoms with Crippen molar-refractivity contribution in [1.82, 2.24) is 0 Å². The quantitative estimate of drug-likeness (QED) is 0.555. The van der Waals surface area contributed by atoms with Gasteiger partial charge in [0.2, 0.25) is 0 Å². The molecule has 0 heterocycles. The lowest BCUT2D eigenvalue weighted by Crippen LogP contribution is -2.10. The summed E-state index contributed by atoms with van der Waals surface area (Å²) < 4.78 is 0. The van der Waals surface area contributed by atoms with E-state index in [0.29, 0.717) is 11.8 Å². The summed E-state index contributed by atoms with van der Waals surface area (Å²) in [4.78, 5) is 11.2. The normalized spacial score (nSPS) is 14.1. The van der Waals surface area contributed by atoms with Crippen molar-refractivity contribution in [2.75, 3.05) is 5.32 Å². The van der Waals surface area contributed by atoms with Crippen LogP contribution in [0, 0.1) is 0 Å². The highest BCUT2D eigenvalue weighted by atomic mass is 35.5. The van der Waals surface area contributed by atoms with Crippen molar-refractivity contribution in [3.05, 3.63) is 29.3 Å². The Morgan fingerprint density at radius 1 is 1.17 bits per heavy atom. The van der Waals surface area contributed by atoms with Crippen LogP contribution in [0.3, 0.4) is 0 Å². The largest absolute Gasteiger partial charge is 0.318 e. The van der Waals surface area contributed by atoms with Crippen LogP contribution in [-0.2, 0) is 0 Å². The number of anilines is 1. The van der Waals surface area contributed by atoms with Crippen molar-refractivity contribution in [2.24, 2.45) is 0 Å². The molecule has 1 amide bonds. The Kier molecular flexibility index (Phi) is 5.67. The van der Waals surface area contributed by atoms with Crippen molar-refractivity contribution >= 4 is 22.7 Å². The molecule has 2 unspecified atom stereocenters. The molecule has 0 saturated carbocycles. The topological polar surface area (TPSA) is 29.1 Å². The van der Waals surface area contributed by atoms with Gasteiger partial charge in [-0.1, -0.05) is 45.9 Å². The number of rotatable bonds is 5. The smallest absolute Gasteiger partial charge is 0.312 e. The van der Waals surface area contributed by atoms with Crippen LogP contribution in [0.1, 0.15) is 63.5 Å². The molecule has 0 radical (unpaired) electrons. The van der Waals surface area contributed by atoms with Crippen LogP contribution in [0.15, 0.2) is 18.2 Å². The first-order valence-electron chi connectivity index (χ1n) is 6.60. The summed E-state index contributed by atoms with van der Waals surface area (Å²) in [5.41, 5.74) is 3.25. The molecule has 1 rings (SSSR count). The highest BCUT2D eigenvalue weighted by Gasteiger charge is 2.17. The highest BCUT2D eigenvalue weighted by molar-refractivity contribution is 6.65. The van der Waals surface area contributed by atoms with E-state index in [2.05, 4.69) is 51.2 Å². The number of carbonyl (C=O) groups is 1. The van der Waals surface area contributed by atoms with Crippen LogP contribution in [-0.4, -0.2) is 5.37 Å². The maximum Gasteiger partial charge on any atom is 0.318 e. The van der Waals surface area contributed by atoms with Gasteiger partial charge in [-0.2, -0.15) is 0 Å². The predicted octanol–water partition coefficient (Wildman–Crippen LogP) is 5.48. The highest BCUT2D eigenvalue weighted by Crippen LogP contribution is 2.35. The van der Waals surface area contributed by atoms with Gasteiger partial charge in [-0.15, -0.1) is 0 Å². The first-order chi connectivity index (χ1) is 8.51. The van der Waals surface area contributed by atoms with E-state index in [-0.39, 0.29) is 0 Å². The summed E-state index contributed by atoms with van der Waals surface area (Å²) in [6.45, 7) is 8.62. The van der Waals surface area contributed by atoms with Crippen LogP contribution in [0.4, 0.5) is 10.5 Å². The van der Waals surface area contributed by atoms with E-state index in [0.717, 1.165) is 18.5 Å². The summed E-state index contributed by atoms with van der Waals surface area (Å²) in [5, 5.41) is 2.28. The second-order valence-corrected chi connectivity index (χ2v) is 5.17. The van der Waals surface area contributed by atoms with E-state index in [1.165, 1.54) is 11.1 Å².